The molecule has 3 rings (SSSR count). The lowest BCUT2D eigenvalue weighted by Crippen LogP contribution is -2.15. The van der Waals surface area contributed by atoms with Crippen LogP contribution in [0.25, 0.3) is 0 Å². The van der Waals surface area contributed by atoms with Gasteiger partial charge in [-0.3, -0.25) is 4.72 Å². The number of rotatable bonds is 7. The van der Waals surface area contributed by atoms with Gasteiger partial charge < -0.3 is 14.8 Å². The third-order valence-corrected chi connectivity index (χ3v) is 5.37. The van der Waals surface area contributed by atoms with E-state index in [1.165, 1.54) is 13.3 Å². The third-order valence-electron chi connectivity index (χ3n) is 4.00. The van der Waals surface area contributed by atoms with E-state index < -0.39 is 10.0 Å². The number of hydrogen-bond donors (Lipinski definition) is 2. The van der Waals surface area contributed by atoms with Crippen molar-refractivity contribution in [2.45, 2.75) is 11.8 Å². The lowest BCUT2D eigenvalue weighted by molar-refractivity contribution is 0.402. The highest BCUT2D eigenvalue weighted by molar-refractivity contribution is 7.92. The van der Waals surface area contributed by atoms with Crippen LogP contribution >= 0.6 is 0 Å². The molecule has 8 heteroatoms. The van der Waals surface area contributed by atoms with E-state index in [1.807, 2.05) is 31.2 Å². The first kappa shape index (κ1) is 19.5. The van der Waals surface area contributed by atoms with Gasteiger partial charge in [-0.25, -0.2) is 13.4 Å². The molecular weight excluding hydrogens is 378 g/mol. The molecule has 0 fully saturated rings. The van der Waals surface area contributed by atoms with Gasteiger partial charge in [0.25, 0.3) is 10.0 Å². The van der Waals surface area contributed by atoms with Crippen LogP contribution in [0.2, 0.25) is 0 Å². The molecule has 1 aromatic heterocycles. The molecule has 146 valence electrons. The molecule has 0 amide bonds. The van der Waals surface area contributed by atoms with Crippen molar-refractivity contribution in [3.63, 3.8) is 0 Å². The molecule has 0 radical (unpaired) electrons. The topological polar surface area (TPSA) is 89.6 Å². The van der Waals surface area contributed by atoms with Crippen LogP contribution in [0.1, 0.15) is 5.56 Å². The van der Waals surface area contributed by atoms with Crippen LogP contribution in [-0.4, -0.2) is 27.6 Å². The molecule has 28 heavy (non-hydrogen) atoms. The van der Waals surface area contributed by atoms with E-state index in [9.17, 15) is 8.42 Å². The van der Waals surface area contributed by atoms with Crippen molar-refractivity contribution in [3.05, 3.63) is 66.4 Å². The Hall–Kier alpha value is -3.26. The SMILES string of the molecule is COc1ccccc1Nc1ccc(NS(=O)(=O)c2cc(C)ccc2OC)nc1. The van der Waals surface area contributed by atoms with E-state index in [4.69, 9.17) is 9.47 Å². The summed E-state index contributed by atoms with van der Waals surface area (Å²) in [5.41, 5.74) is 2.29. The summed E-state index contributed by atoms with van der Waals surface area (Å²) in [7, 11) is -0.815. The second-order valence-corrected chi connectivity index (χ2v) is 7.67. The number of sulfonamides is 1. The average molecular weight is 399 g/mol. The number of hydrogen-bond acceptors (Lipinski definition) is 6. The van der Waals surface area contributed by atoms with Gasteiger partial charge in [0.05, 0.1) is 31.8 Å². The van der Waals surface area contributed by atoms with Gasteiger partial charge in [0.15, 0.2) is 0 Å². The number of pyridine rings is 1. The minimum Gasteiger partial charge on any atom is -0.495 e. The summed E-state index contributed by atoms with van der Waals surface area (Å²) in [6, 6.07) is 15.7. The van der Waals surface area contributed by atoms with Crippen LogP contribution in [0.5, 0.6) is 11.5 Å². The summed E-state index contributed by atoms with van der Waals surface area (Å²) in [5.74, 6) is 1.17. The Morgan fingerprint density at radius 1 is 0.929 bits per heavy atom. The average Bonchev–Trinajstić information content (AvgIpc) is 2.69. The van der Waals surface area contributed by atoms with Crippen molar-refractivity contribution in [1.29, 1.82) is 0 Å². The molecule has 0 bridgehead atoms. The first-order valence-electron chi connectivity index (χ1n) is 8.46. The number of benzene rings is 2. The van der Waals surface area contributed by atoms with Crippen molar-refractivity contribution in [1.82, 2.24) is 4.98 Å². The molecule has 0 saturated carbocycles. The Labute approximate surface area is 164 Å². The van der Waals surface area contributed by atoms with Crippen LogP contribution in [0.4, 0.5) is 17.2 Å². The first-order valence-corrected chi connectivity index (χ1v) is 9.95. The van der Waals surface area contributed by atoms with E-state index in [-0.39, 0.29) is 16.5 Å². The predicted octanol–water partition coefficient (Wildman–Crippen LogP) is 3.95. The number of aryl methyl sites for hydroxylation is 1. The summed E-state index contributed by atoms with van der Waals surface area (Å²) in [4.78, 5) is 4.25. The molecule has 1 heterocycles. The number of ether oxygens (including phenoxy) is 2. The number of methoxy groups -OCH3 is 2. The minimum absolute atomic E-state index is 0.0630. The quantitative estimate of drug-likeness (QED) is 0.625. The molecule has 0 aliphatic carbocycles. The van der Waals surface area contributed by atoms with Gasteiger partial charge >= 0.3 is 0 Å². The fourth-order valence-corrected chi connectivity index (χ4v) is 3.88. The van der Waals surface area contributed by atoms with E-state index >= 15 is 0 Å². The van der Waals surface area contributed by atoms with Crippen LogP contribution < -0.4 is 19.5 Å². The summed E-state index contributed by atoms with van der Waals surface area (Å²) in [6.07, 6.45) is 1.54. The van der Waals surface area contributed by atoms with Gasteiger partial charge in [0.2, 0.25) is 0 Å². The first-order chi connectivity index (χ1) is 13.4. The van der Waals surface area contributed by atoms with E-state index in [0.29, 0.717) is 11.4 Å². The zero-order valence-electron chi connectivity index (χ0n) is 15.8. The van der Waals surface area contributed by atoms with Crippen molar-refractivity contribution < 1.29 is 17.9 Å². The molecule has 2 N–H and O–H groups in total. The molecule has 0 aliphatic rings. The summed E-state index contributed by atoms with van der Waals surface area (Å²) < 4.78 is 38.4. The van der Waals surface area contributed by atoms with E-state index in [2.05, 4.69) is 15.0 Å². The Balaban J connectivity index is 1.80. The monoisotopic (exact) mass is 399 g/mol. The number of para-hydroxylation sites is 2. The normalized spacial score (nSPS) is 11.0. The van der Waals surface area contributed by atoms with Crippen molar-refractivity contribution in [2.75, 3.05) is 24.3 Å². The maximum Gasteiger partial charge on any atom is 0.266 e. The van der Waals surface area contributed by atoms with Crippen LogP contribution in [-0.2, 0) is 10.0 Å². The van der Waals surface area contributed by atoms with E-state index in [1.54, 1.807) is 37.4 Å². The highest BCUT2D eigenvalue weighted by atomic mass is 32.2. The van der Waals surface area contributed by atoms with Crippen LogP contribution in [0.3, 0.4) is 0 Å². The van der Waals surface area contributed by atoms with Crippen LogP contribution in [0, 0.1) is 6.92 Å². The summed E-state index contributed by atoms with van der Waals surface area (Å²) in [5, 5.41) is 3.19. The zero-order chi connectivity index (χ0) is 20.1. The van der Waals surface area contributed by atoms with Crippen molar-refractivity contribution in [2.24, 2.45) is 0 Å². The molecular formula is C20H21N3O4S. The molecule has 0 saturated heterocycles. The molecule has 3 aromatic rings. The predicted molar refractivity (Wildman–Crippen MR) is 109 cm³/mol. The molecule has 0 atom stereocenters. The fourth-order valence-electron chi connectivity index (χ4n) is 2.62. The van der Waals surface area contributed by atoms with Gasteiger partial charge in [-0.15, -0.1) is 0 Å². The molecule has 7 nitrogen and oxygen atoms in total. The van der Waals surface area contributed by atoms with E-state index in [0.717, 1.165) is 11.3 Å². The Morgan fingerprint density at radius 2 is 1.68 bits per heavy atom. The Morgan fingerprint density at radius 3 is 2.36 bits per heavy atom. The van der Waals surface area contributed by atoms with Gasteiger partial charge in [0.1, 0.15) is 22.2 Å². The van der Waals surface area contributed by atoms with Crippen LogP contribution in [0.15, 0.2) is 65.7 Å². The Bertz CT molecular complexity index is 1070. The lowest BCUT2D eigenvalue weighted by atomic mass is 10.2. The summed E-state index contributed by atoms with van der Waals surface area (Å²) in [6.45, 7) is 1.81. The fraction of sp³-hybridized carbons (Fsp3) is 0.150. The van der Waals surface area contributed by atoms with Gasteiger partial charge in [-0.2, -0.15) is 0 Å². The maximum absolute atomic E-state index is 12.7. The standard InChI is InChI=1S/C20H21N3O4S/c1-14-8-10-18(27-3)19(12-14)28(24,25)23-20-11-9-15(13-21-20)22-16-6-4-5-7-17(16)26-2/h4-13,22H,1-3H3,(H,21,23). The van der Waals surface area contributed by atoms with Gasteiger partial charge in [-0.05, 0) is 48.9 Å². The smallest absolute Gasteiger partial charge is 0.266 e. The second kappa shape index (κ2) is 8.18. The molecule has 0 unspecified atom stereocenters. The van der Waals surface area contributed by atoms with Gasteiger partial charge in [-0.1, -0.05) is 18.2 Å². The summed E-state index contributed by atoms with van der Waals surface area (Å²) >= 11 is 0. The maximum atomic E-state index is 12.7. The Kier molecular flexibility index (Phi) is 5.70. The second-order valence-electron chi connectivity index (χ2n) is 6.02. The zero-order valence-corrected chi connectivity index (χ0v) is 16.6. The highest BCUT2D eigenvalue weighted by Crippen LogP contribution is 2.28. The van der Waals surface area contributed by atoms with Crippen molar-refractivity contribution >= 4 is 27.2 Å². The number of nitrogens with one attached hydrogen (secondary N) is 2. The number of nitrogens with zero attached hydrogens (tertiary/aromatic N) is 1. The van der Waals surface area contributed by atoms with Crippen molar-refractivity contribution in [3.8, 4) is 11.5 Å². The minimum atomic E-state index is -3.84. The largest absolute Gasteiger partial charge is 0.495 e. The number of aromatic nitrogens is 1. The molecule has 0 aliphatic heterocycles. The van der Waals surface area contributed by atoms with Gasteiger partial charge in [0, 0.05) is 0 Å². The third kappa shape index (κ3) is 4.34. The molecule has 2 aromatic carbocycles. The molecule has 0 spiro atoms. The number of anilines is 3. The lowest BCUT2D eigenvalue weighted by Gasteiger charge is -2.13. The highest BCUT2D eigenvalue weighted by Gasteiger charge is 2.20.